The Balaban J connectivity index is 1.99. The Morgan fingerprint density at radius 3 is 2.53 bits per heavy atom. The third kappa shape index (κ3) is 5.79. The summed E-state index contributed by atoms with van der Waals surface area (Å²) < 4.78 is 5.86. The molecule has 0 aromatic carbocycles. The topological polar surface area (TPSA) is 21.3 Å². The molecule has 0 saturated heterocycles. The van der Waals surface area contributed by atoms with Crippen LogP contribution >= 0.6 is 11.8 Å². The molecule has 2 nitrogen and oxygen atoms in total. The van der Waals surface area contributed by atoms with E-state index >= 15 is 0 Å². The van der Waals surface area contributed by atoms with E-state index in [1.807, 2.05) is 11.8 Å². The Kier molecular flexibility index (Phi) is 7.49. The lowest BCUT2D eigenvalue weighted by atomic mass is 9.93. The van der Waals surface area contributed by atoms with Crippen LogP contribution in [0.3, 0.4) is 0 Å². The van der Waals surface area contributed by atoms with Gasteiger partial charge in [0.2, 0.25) is 0 Å². The van der Waals surface area contributed by atoms with Crippen molar-refractivity contribution in [3.63, 3.8) is 0 Å². The molecular weight excluding hydrogens is 206 g/mol. The zero-order valence-electron chi connectivity index (χ0n) is 10.1. The number of hydrogen-bond acceptors (Lipinski definition) is 3. The van der Waals surface area contributed by atoms with Gasteiger partial charge in [-0.15, -0.1) is 0 Å². The molecule has 1 fully saturated rings. The summed E-state index contributed by atoms with van der Waals surface area (Å²) in [5.41, 5.74) is 0. The van der Waals surface area contributed by atoms with Crippen LogP contribution in [0.1, 0.15) is 39.5 Å². The largest absolute Gasteiger partial charge is 0.377 e. The monoisotopic (exact) mass is 231 g/mol. The minimum atomic E-state index is 0.539. The zero-order chi connectivity index (χ0) is 10.9. The van der Waals surface area contributed by atoms with Crippen molar-refractivity contribution in [3.05, 3.63) is 0 Å². The third-order valence-corrected chi connectivity index (χ3v) is 3.82. The molecule has 1 aliphatic carbocycles. The Morgan fingerprint density at radius 2 is 1.93 bits per heavy atom. The molecule has 0 atom stereocenters. The zero-order valence-corrected chi connectivity index (χ0v) is 10.9. The lowest BCUT2D eigenvalue weighted by molar-refractivity contribution is 0.0321. The third-order valence-electron chi connectivity index (χ3n) is 2.95. The van der Waals surface area contributed by atoms with Gasteiger partial charge in [-0.05, 0) is 38.0 Å². The molecule has 0 aromatic rings. The molecule has 0 aliphatic heterocycles. The quantitative estimate of drug-likeness (QED) is 0.681. The summed E-state index contributed by atoms with van der Waals surface area (Å²) in [7, 11) is 0. The van der Waals surface area contributed by atoms with Crippen LogP contribution < -0.4 is 5.32 Å². The van der Waals surface area contributed by atoms with Crippen molar-refractivity contribution in [2.75, 3.05) is 24.7 Å². The highest BCUT2D eigenvalue weighted by atomic mass is 32.2. The Morgan fingerprint density at radius 1 is 1.20 bits per heavy atom. The van der Waals surface area contributed by atoms with Crippen LogP contribution in [-0.2, 0) is 4.74 Å². The number of hydrogen-bond donors (Lipinski definition) is 1. The highest BCUT2D eigenvalue weighted by Gasteiger charge is 2.20. The van der Waals surface area contributed by atoms with E-state index in [1.165, 1.54) is 31.4 Å². The molecule has 1 N–H and O–H groups in total. The van der Waals surface area contributed by atoms with Crippen LogP contribution in [0.15, 0.2) is 0 Å². The highest BCUT2D eigenvalue weighted by molar-refractivity contribution is 7.99. The first-order valence-corrected chi connectivity index (χ1v) is 7.45. The summed E-state index contributed by atoms with van der Waals surface area (Å²) in [5.74, 6) is 2.36. The first kappa shape index (κ1) is 13.3. The van der Waals surface area contributed by atoms with E-state index in [2.05, 4.69) is 19.2 Å². The fourth-order valence-electron chi connectivity index (χ4n) is 2.14. The van der Waals surface area contributed by atoms with Gasteiger partial charge in [0, 0.05) is 11.8 Å². The summed E-state index contributed by atoms with van der Waals surface area (Å²) in [6.07, 6.45) is 5.61. The smallest absolute Gasteiger partial charge is 0.0576 e. The normalized spacial score (nSPS) is 26.8. The predicted molar refractivity (Wildman–Crippen MR) is 68.7 cm³/mol. The van der Waals surface area contributed by atoms with Crippen LogP contribution in [0.4, 0.5) is 0 Å². The van der Waals surface area contributed by atoms with E-state index in [0.717, 1.165) is 24.9 Å². The van der Waals surface area contributed by atoms with Crippen molar-refractivity contribution in [2.45, 2.75) is 51.7 Å². The first-order chi connectivity index (χ1) is 7.36. The second-order valence-electron chi connectivity index (χ2n) is 4.10. The van der Waals surface area contributed by atoms with Gasteiger partial charge in [0.15, 0.2) is 0 Å². The summed E-state index contributed by atoms with van der Waals surface area (Å²) in [6, 6.07) is 0.750. The molecule has 0 unspecified atom stereocenters. The lowest BCUT2D eigenvalue weighted by Gasteiger charge is -2.28. The van der Waals surface area contributed by atoms with Crippen LogP contribution in [-0.4, -0.2) is 36.8 Å². The van der Waals surface area contributed by atoms with Crippen LogP contribution in [0.2, 0.25) is 0 Å². The maximum Gasteiger partial charge on any atom is 0.0576 e. The minimum Gasteiger partial charge on any atom is -0.377 e. The molecule has 90 valence electrons. The van der Waals surface area contributed by atoms with Gasteiger partial charge in [0.25, 0.3) is 0 Å². The van der Waals surface area contributed by atoms with Gasteiger partial charge >= 0.3 is 0 Å². The Bertz CT molecular complexity index is 144. The molecule has 0 amide bonds. The maximum absolute atomic E-state index is 5.86. The minimum absolute atomic E-state index is 0.539. The van der Waals surface area contributed by atoms with Crippen molar-refractivity contribution in [1.82, 2.24) is 5.32 Å². The van der Waals surface area contributed by atoms with Gasteiger partial charge in [0.05, 0.1) is 12.7 Å². The van der Waals surface area contributed by atoms with Gasteiger partial charge in [-0.3, -0.25) is 0 Å². The van der Waals surface area contributed by atoms with Gasteiger partial charge < -0.3 is 10.1 Å². The second-order valence-corrected chi connectivity index (χ2v) is 5.49. The SMILES string of the molecule is CCNC1CCC(OCCSCC)CC1. The van der Waals surface area contributed by atoms with E-state index in [-0.39, 0.29) is 0 Å². The molecule has 15 heavy (non-hydrogen) atoms. The van der Waals surface area contributed by atoms with Gasteiger partial charge in [0.1, 0.15) is 0 Å². The molecule has 1 aliphatic rings. The van der Waals surface area contributed by atoms with Crippen LogP contribution in [0, 0.1) is 0 Å². The predicted octanol–water partition coefficient (Wildman–Crippen LogP) is 2.68. The summed E-state index contributed by atoms with van der Waals surface area (Å²) in [4.78, 5) is 0. The van der Waals surface area contributed by atoms with Crippen molar-refractivity contribution in [1.29, 1.82) is 0 Å². The van der Waals surface area contributed by atoms with E-state index in [4.69, 9.17) is 4.74 Å². The summed E-state index contributed by atoms with van der Waals surface area (Å²) in [5, 5.41) is 3.52. The van der Waals surface area contributed by atoms with E-state index in [9.17, 15) is 0 Å². The number of nitrogens with one attached hydrogen (secondary N) is 1. The molecule has 1 saturated carbocycles. The number of ether oxygens (including phenoxy) is 1. The highest BCUT2D eigenvalue weighted by Crippen LogP contribution is 2.21. The average molecular weight is 231 g/mol. The van der Waals surface area contributed by atoms with Gasteiger partial charge in [-0.25, -0.2) is 0 Å². The van der Waals surface area contributed by atoms with E-state index in [1.54, 1.807) is 0 Å². The van der Waals surface area contributed by atoms with Crippen molar-refractivity contribution >= 4 is 11.8 Å². The Labute approximate surface area is 98.5 Å². The fourth-order valence-corrected chi connectivity index (χ4v) is 2.64. The van der Waals surface area contributed by atoms with Crippen LogP contribution in [0.25, 0.3) is 0 Å². The standard InChI is InChI=1S/C12H25NOS/c1-3-13-11-5-7-12(8-6-11)14-9-10-15-4-2/h11-13H,3-10H2,1-2H3. The molecule has 0 radical (unpaired) electrons. The van der Waals surface area contributed by atoms with E-state index in [0.29, 0.717) is 6.10 Å². The molecule has 0 aromatic heterocycles. The molecule has 3 heteroatoms. The summed E-state index contributed by atoms with van der Waals surface area (Å²) >= 11 is 1.97. The average Bonchev–Trinajstić information content (AvgIpc) is 2.27. The molecule has 0 bridgehead atoms. The molecule has 1 rings (SSSR count). The van der Waals surface area contributed by atoms with Crippen molar-refractivity contribution < 1.29 is 4.74 Å². The molecule has 0 spiro atoms. The number of rotatable bonds is 7. The fraction of sp³-hybridized carbons (Fsp3) is 1.00. The van der Waals surface area contributed by atoms with Crippen molar-refractivity contribution in [3.8, 4) is 0 Å². The van der Waals surface area contributed by atoms with Crippen LogP contribution in [0.5, 0.6) is 0 Å². The number of thioether (sulfide) groups is 1. The van der Waals surface area contributed by atoms with E-state index < -0.39 is 0 Å². The lowest BCUT2D eigenvalue weighted by Crippen LogP contribution is -2.35. The van der Waals surface area contributed by atoms with Crippen molar-refractivity contribution in [2.24, 2.45) is 0 Å². The molecular formula is C12H25NOS. The Hall–Kier alpha value is 0.270. The second kappa shape index (κ2) is 8.43. The maximum atomic E-state index is 5.86. The first-order valence-electron chi connectivity index (χ1n) is 6.29. The molecule has 0 heterocycles. The van der Waals surface area contributed by atoms with Gasteiger partial charge in [-0.2, -0.15) is 11.8 Å². The summed E-state index contributed by atoms with van der Waals surface area (Å²) in [6.45, 7) is 6.43. The van der Waals surface area contributed by atoms with Gasteiger partial charge in [-0.1, -0.05) is 13.8 Å².